The lowest BCUT2D eigenvalue weighted by Crippen LogP contribution is -2.44. The SMILES string of the molecule is Cc1ccc(N2CC(C(=O)N3CCC(C(=O)Nc4ccc(C(C)C)cc4)CC3)CC2=O)cc1. The largest absolute Gasteiger partial charge is 0.342 e. The molecule has 1 unspecified atom stereocenters. The molecule has 2 aliphatic rings. The number of anilines is 2. The van der Waals surface area contributed by atoms with Gasteiger partial charge in [0.2, 0.25) is 17.7 Å². The summed E-state index contributed by atoms with van der Waals surface area (Å²) in [5.41, 5.74) is 4.03. The monoisotopic (exact) mass is 447 g/mol. The van der Waals surface area contributed by atoms with Gasteiger partial charge in [-0.05, 0) is 55.5 Å². The summed E-state index contributed by atoms with van der Waals surface area (Å²) in [6, 6.07) is 15.8. The molecule has 0 aromatic heterocycles. The average Bonchev–Trinajstić information content (AvgIpc) is 3.21. The highest BCUT2D eigenvalue weighted by molar-refractivity contribution is 6.00. The van der Waals surface area contributed by atoms with E-state index in [1.807, 2.05) is 60.4 Å². The van der Waals surface area contributed by atoms with Crippen molar-refractivity contribution in [3.8, 4) is 0 Å². The molecule has 33 heavy (non-hydrogen) atoms. The van der Waals surface area contributed by atoms with E-state index in [0.29, 0.717) is 38.4 Å². The molecule has 2 aromatic rings. The van der Waals surface area contributed by atoms with E-state index in [9.17, 15) is 14.4 Å². The van der Waals surface area contributed by atoms with Crippen LogP contribution < -0.4 is 10.2 Å². The minimum Gasteiger partial charge on any atom is -0.342 e. The zero-order valence-corrected chi connectivity index (χ0v) is 19.7. The molecule has 0 saturated carbocycles. The molecule has 0 bridgehead atoms. The Morgan fingerprint density at radius 1 is 0.939 bits per heavy atom. The maximum atomic E-state index is 13.1. The fourth-order valence-corrected chi connectivity index (χ4v) is 4.66. The standard InChI is InChI=1S/C27H33N3O3/c1-18(2)20-6-8-23(9-7-20)28-26(32)21-12-14-29(15-13-21)27(33)22-16-25(31)30(17-22)24-10-4-19(3)5-11-24/h4-11,18,21-22H,12-17H2,1-3H3,(H,28,32). The Morgan fingerprint density at radius 2 is 1.58 bits per heavy atom. The Balaban J connectivity index is 1.28. The van der Waals surface area contributed by atoms with Crippen LogP contribution in [0.3, 0.4) is 0 Å². The fraction of sp³-hybridized carbons (Fsp3) is 0.444. The molecule has 174 valence electrons. The number of benzene rings is 2. The normalized spacial score (nSPS) is 19.3. The van der Waals surface area contributed by atoms with Gasteiger partial charge >= 0.3 is 0 Å². The third-order valence-electron chi connectivity index (χ3n) is 6.84. The summed E-state index contributed by atoms with van der Waals surface area (Å²) >= 11 is 0. The van der Waals surface area contributed by atoms with E-state index in [2.05, 4.69) is 19.2 Å². The van der Waals surface area contributed by atoms with Crippen molar-refractivity contribution in [1.82, 2.24) is 4.90 Å². The predicted octanol–water partition coefficient (Wildman–Crippen LogP) is 4.35. The summed E-state index contributed by atoms with van der Waals surface area (Å²) in [6.07, 6.45) is 1.54. The molecule has 1 atom stereocenters. The van der Waals surface area contributed by atoms with Crippen molar-refractivity contribution in [2.45, 2.75) is 46.0 Å². The van der Waals surface area contributed by atoms with Crippen LogP contribution in [0.2, 0.25) is 0 Å². The Bertz CT molecular complexity index is 1010. The first-order chi connectivity index (χ1) is 15.8. The highest BCUT2D eigenvalue weighted by Gasteiger charge is 2.38. The first kappa shape index (κ1) is 23.0. The zero-order chi connectivity index (χ0) is 23.5. The number of likely N-dealkylation sites (tertiary alicyclic amines) is 1. The van der Waals surface area contributed by atoms with Gasteiger partial charge in [0, 0.05) is 43.3 Å². The van der Waals surface area contributed by atoms with E-state index in [0.717, 1.165) is 16.9 Å². The summed E-state index contributed by atoms with van der Waals surface area (Å²) in [7, 11) is 0. The molecule has 6 nitrogen and oxygen atoms in total. The molecule has 2 aliphatic heterocycles. The second-order valence-corrected chi connectivity index (χ2v) is 9.61. The van der Waals surface area contributed by atoms with Gasteiger partial charge in [-0.15, -0.1) is 0 Å². The van der Waals surface area contributed by atoms with E-state index < -0.39 is 0 Å². The third kappa shape index (κ3) is 5.27. The van der Waals surface area contributed by atoms with Gasteiger partial charge in [0.05, 0.1) is 5.92 Å². The molecule has 1 N–H and O–H groups in total. The number of hydrogen-bond donors (Lipinski definition) is 1. The van der Waals surface area contributed by atoms with Crippen molar-refractivity contribution in [2.75, 3.05) is 29.9 Å². The number of carbonyl (C=O) groups excluding carboxylic acids is 3. The van der Waals surface area contributed by atoms with Crippen LogP contribution in [0, 0.1) is 18.8 Å². The highest BCUT2D eigenvalue weighted by Crippen LogP contribution is 2.28. The van der Waals surface area contributed by atoms with Crippen molar-refractivity contribution < 1.29 is 14.4 Å². The molecular weight excluding hydrogens is 414 g/mol. The lowest BCUT2D eigenvalue weighted by atomic mass is 9.94. The van der Waals surface area contributed by atoms with Crippen LogP contribution in [0.25, 0.3) is 0 Å². The summed E-state index contributed by atoms with van der Waals surface area (Å²) in [4.78, 5) is 41.9. The molecule has 3 amide bonds. The first-order valence-electron chi connectivity index (χ1n) is 11.9. The molecule has 0 spiro atoms. The van der Waals surface area contributed by atoms with E-state index in [1.165, 1.54) is 5.56 Å². The molecule has 6 heteroatoms. The van der Waals surface area contributed by atoms with Crippen molar-refractivity contribution in [2.24, 2.45) is 11.8 Å². The van der Waals surface area contributed by atoms with Gasteiger partial charge in [0.1, 0.15) is 0 Å². The number of nitrogens with one attached hydrogen (secondary N) is 1. The lowest BCUT2D eigenvalue weighted by Gasteiger charge is -2.33. The number of carbonyl (C=O) groups is 3. The number of nitrogens with zero attached hydrogens (tertiary/aromatic N) is 2. The molecule has 2 saturated heterocycles. The zero-order valence-electron chi connectivity index (χ0n) is 19.7. The van der Waals surface area contributed by atoms with Crippen LogP contribution in [-0.4, -0.2) is 42.3 Å². The number of hydrogen-bond acceptors (Lipinski definition) is 3. The van der Waals surface area contributed by atoms with Gasteiger partial charge in [0.25, 0.3) is 0 Å². The van der Waals surface area contributed by atoms with E-state index in [1.54, 1.807) is 4.90 Å². The van der Waals surface area contributed by atoms with Crippen LogP contribution in [-0.2, 0) is 14.4 Å². The minimum absolute atomic E-state index is 0.00467. The van der Waals surface area contributed by atoms with Crippen LogP contribution >= 0.6 is 0 Å². The van der Waals surface area contributed by atoms with Crippen molar-refractivity contribution in [3.05, 3.63) is 59.7 Å². The molecule has 0 aliphatic carbocycles. The Morgan fingerprint density at radius 3 is 2.18 bits per heavy atom. The van der Waals surface area contributed by atoms with Crippen LogP contribution in [0.5, 0.6) is 0 Å². The second kappa shape index (κ2) is 9.77. The summed E-state index contributed by atoms with van der Waals surface area (Å²) < 4.78 is 0. The number of piperidine rings is 1. The molecule has 2 heterocycles. The topological polar surface area (TPSA) is 69.7 Å². The molecule has 2 fully saturated rings. The Labute approximate surface area is 196 Å². The maximum Gasteiger partial charge on any atom is 0.228 e. The van der Waals surface area contributed by atoms with Crippen LogP contribution in [0.4, 0.5) is 11.4 Å². The lowest BCUT2D eigenvalue weighted by molar-refractivity contribution is -0.138. The Kier molecular flexibility index (Phi) is 6.82. The van der Waals surface area contributed by atoms with Gasteiger partial charge in [-0.2, -0.15) is 0 Å². The smallest absolute Gasteiger partial charge is 0.228 e. The third-order valence-corrected chi connectivity index (χ3v) is 6.84. The van der Waals surface area contributed by atoms with Gasteiger partial charge in [-0.25, -0.2) is 0 Å². The number of amides is 3. The fourth-order valence-electron chi connectivity index (χ4n) is 4.66. The molecule has 4 rings (SSSR count). The predicted molar refractivity (Wildman–Crippen MR) is 130 cm³/mol. The van der Waals surface area contributed by atoms with Crippen LogP contribution in [0.15, 0.2) is 48.5 Å². The van der Waals surface area contributed by atoms with E-state index in [-0.39, 0.29) is 36.0 Å². The maximum absolute atomic E-state index is 13.1. The van der Waals surface area contributed by atoms with Crippen LogP contribution in [0.1, 0.15) is 50.2 Å². The van der Waals surface area contributed by atoms with Gasteiger partial charge in [0.15, 0.2) is 0 Å². The Hall–Kier alpha value is -3.15. The summed E-state index contributed by atoms with van der Waals surface area (Å²) in [5.74, 6) is 0.0736. The van der Waals surface area contributed by atoms with Gasteiger partial charge in [-0.1, -0.05) is 43.7 Å². The van der Waals surface area contributed by atoms with E-state index in [4.69, 9.17) is 0 Å². The number of aryl methyl sites for hydroxylation is 1. The van der Waals surface area contributed by atoms with Crippen molar-refractivity contribution in [1.29, 1.82) is 0 Å². The van der Waals surface area contributed by atoms with Gasteiger partial charge in [-0.3, -0.25) is 14.4 Å². The molecular formula is C27H33N3O3. The highest BCUT2D eigenvalue weighted by atomic mass is 16.2. The molecule has 2 aromatic carbocycles. The molecule has 0 radical (unpaired) electrons. The summed E-state index contributed by atoms with van der Waals surface area (Å²) in [6.45, 7) is 7.83. The van der Waals surface area contributed by atoms with E-state index >= 15 is 0 Å². The van der Waals surface area contributed by atoms with Gasteiger partial charge < -0.3 is 15.1 Å². The van der Waals surface area contributed by atoms with Crippen molar-refractivity contribution in [3.63, 3.8) is 0 Å². The second-order valence-electron chi connectivity index (χ2n) is 9.61. The first-order valence-corrected chi connectivity index (χ1v) is 11.9. The quantitative estimate of drug-likeness (QED) is 0.741. The van der Waals surface area contributed by atoms with Crippen molar-refractivity contribution >= 4 is 29.1 Å². The summed E-state index contributed by atoms with van der Waals surface area (Å²) in [5, 5.41) is 3.02. The average molecular weight is 448 g/mol. The minimum atomic E-state index is -0.316. The number of rotatable bonds is 5.